The molecule has 4 N–H and O–H groups in total. The molecule has 0 fully saturated rings. The number of aliphatic hydroxyl groups is 1. The largest absolute Gasteiger partial charge is 0.483 e. The van der Waals surface area contributed by atoms with E-state index in [2.05, 4.69) is 5.32 Å². The van der Waals surface area contributed by atoms with Gasteiger partial charge in [-0.25, -0.2) is 0 Å². The minimum atomic E-state index is -0.350. The highest BCUT2D eigenvalue weighted by Gasteiger charge is 2.08. The van der Waals surface area contributed by atoms with Crippen molar-refractivity contribution in [3.8, 4) is 5.75 Å². The summed E-state index contributed by atoms with van der Waals surface area (Å²) in [6.07, 6.45) is 0. The van der Waals surface area contributed by atoms with Gasteiger partial charge in [0.2, 0.25) is 0 Å². The summed E-state index contributed by atoms with van der Waals surface area (Å²) < 4.78 is 5.39. The molecule has 0 spiro atoms. The number of nitrogens with two attached hydrogens (primary N) is 1. The standard InChI is InChI=1S/C15H15ClN2O3/c16-11-5-6-13(12(17)7-11)18-15(20)9-21-14-4-2-1-3-10(14)8-19/h1-7,19H,8-9,17H2,(H,18,20). The lowest BCUT2D eigenvalue weighted by molar-refractivity contribution is -0.118. The third kappa shape index (κ3) is 4.11. The quantitative estimate of drug-likeness (QED) is 0.741. The number of hydrogen-bond acceptors (Lipinski definition) is 4. The lowest BCUT2D eigenvalue weighted by Gasteiger charge is -2.11. The van der Waals surface area contributed by atoms with Gasteiger partial charge < -0.3 is 20.9 Å². The molecule has 0 aromatic heterocycles. The Hall–Kier alpha value is -2.24. The number of aliphatic hydroxyl groups excluding tert-OH is 1. The van der Waals surface area contributed by atoms with E-state index in [1.807, 2.05) is 0 Å². The summed E-state index contributed by atoms with van der Waals surface area (Å²) in [5.74, 6) is 0.121. The monoisotopic (exact) mass is 306 g/mol. The van der Waals surface area contributed by atoms with Gasteiger partial charge in [0.15, 0.2) is 6.61 Å². The number of benzene rings is 2. The van der Waals surface area contributed by atoms with Crippen molar-refractivity contribution in [3.63, 3.8) is 0 Å². The van der Waals surface area contributed by atoms with Gasteiger partial charge in [-0.15, -0.1) is 0 Å². The summed E-state index contributed by atoms with van der Waals surface area (Å²) in [7, 11) is 0. The van der Waals surface area contributed by atoms with E-state index in [1.54, 1.807) is 42.5 Å². The lowest BCUT2D eigenvalue weighted by atomic mass is 10.2. The van der Waals surface area contributed by atoms with Crippen LogP contribution in [0.1, 0.15) is 5.56 Å². The molecule has 0 atom stereocenters. The number of carbonyl (C=O) groups excluding carboxylic acids is 1. The Morgan fingerprint density at radius 3 is 2.76 bits per heavy atom. The molecular formula is C15H15ClN2O3. The van der Waals surface area contributed by atoms with Crippen LogP contribution >= 0.6 is 11.6 Å². The van der Waals surface area contributed by atoms with Gasteiger partial charge in [-0.2, -0.15) is 0 Å². The van der Waals surface area contributed by atoms with Crippen LogP contribution in [-0.2, 0) is 11.4 Å². The van der Waals surface area contributed by atoms with E-state index in [1.165, 1.54) is 0 Å². The van der Waals surface area contributed by atoms with Crippen molar-refractivity contribution in [1.29, 1.82) is 0 Å². The van der Waals surface area contributed by atoms with E-state index in [0.29, 0.717) is 27.7 Å². The Balaban J connectivity index is 1.96. The first-order valence-corrected chi connectivity index (χ1v) is 6.64. The molecule has 2 aromatic rings. The number of halogens is 1. The van der Waals surface area contributed by atoms with Gasteiger partial charge in [-0.1, -0.05) is 29.8 Å². The van der Waals surface area contributed by atoms with Crippen LogP contribution in [-0.4, -0.2) is 17.6 Å². The molecule has 0 heterocycles. The van der Waals surface area contributed by atoms with E-state index in [9.17, 15) is 9.90 Å². The Morgan fingerprint density at radius 1 is 1.29 bits per heavy atom. The SMILES string of the molecule is Nc1cc(Cl)ccc1NC(=O)COc1ccccc1CO. The maximum absolute atomic E-state index is 11.8. The fourth-order valence-electron chi connectivity index (χ4n) is 1.75. The van der Waals surface area contributed by atoms with Crippen LogP contribution in [0.5, 0.6) is 5.75 Å². The smallest absolute Gasteiger partial charge is 0.262 e. The second kappa shape index (κ2) is 6.97. The summed E-state index contributed by atoms with van der Waals surface area (Å²) in [4.78, 5) is 11.8. The number of nitrogens with one attached hydrogen (secondary N) is 1. The maximum atomic E-state index is 11.8. The molecule has 0 aliphatic rings. The number of nitrogen functional groups attached to an aromatic ring is 1. The molecular weight excluding hydrogens is 292 g/mol. The van der Waals surface area contributed by atoms with Crippen molar-refractivity contribution in [2.75, 3.05) is 17.7 Å². The van der Waals surface area contributed by atoms with E-state index < -0.39 is 0 Å². The Bertz CT molecular complexity index is 647. The third-order valence-electron chi connectivity index (χ3n) is 2.79. The summed E-state index contributed by atoms with van der Waals surface area (Å²) in [5, 5.41) is 12.3. The molecule has 2 aromatic carbocycles. The van der Waals surface area contributed by atoms with E-state index in [-0.39, 0.29) is 19.1 Å². The van der Waals surface area contributed by atoms with E-state index >= 15 is 0 Å². The van der Waals surface area contributed by atoms with Crippen molar-refractivity contribution in [3.05, 3.63) is 53.1 Å². The number of carbonyl (C=O) groups is 1. The van der Waals surface area contributed by atoms with Gasteiger partial charge in [0.1, 0.15) is 5.75 Å². The molecule has 5 nitrogen and oxygen atoms in total. The first-order valence-electron chi connectivity index (χ1n) is 6.26. The van der Waals surface area contributed by atoms with Crippen LogP contribution in [0.2, 0.25) is 5.02 Å². The van der Waals surface area contributed by atoms with Crippen molar-refractivity contribution in [1.82, 2.24) is 0 Å². The zero-order valence-electron chi connectivity index (χ0n) is 11.2. The summed E-state index contributed by atoms with van der Waals surface area (Å²) in [6, 6.07) is 11.8. The molecule has 0 aliphatic heterocycles. The molecule has 6 heteroatoms. The molecule has 110 valence electrons. The Kier molecular flexibility index (Phi) is 5.03. The fraction of sp³-hybridized carbons (Fsp3) is 0.133. The second-order valence-corrected chi connectivity index (χ2v) is 4.77. The van der Waals surface area contributed by atoms with Crippen LogP contribution in [0, 0.1) is 0 Å². The summed E-state index contributed by atoms with van der Waals surface area (Å²) in [6.45, 7) is -0.332. The zero-order chi connectivity index (χ0) is 15.2. The molecule has 0 unspecified atom stereocenters. The summed E-state index contributed by atoms with van der Waals surface area (Å²) in [5.41, 5.74) is 7.23. The van der Waals surface area contributed by atoms with Crippen LogP contribution in [0.4, 0.5) is 11.4 Å². The van der Waals surface area contributed by atoms with Crippen LogP contribution in [0.15, 0.2) is 42.5 Å². The van der Waals surface area contributed by atoms with Crippen molar-refractivity contribution >= 4 is 28.9 Å². The topological polar surface area (TPSA) is 84.6 Å². The Labute approximate surface area is 127 Å². The van der Waals surface area contributed by atoms with Crippen molar-refractivity contribution in [2.45, 2.75) is 6.61 Å². The van der Waals surface area contributed by atoms with Crippen LogP contribution in [0.3, 0.4) is 0 Å². The van der Waals surface area contributed by atoms with Crippen molar-refractivity contribution in [2.24, 2.45) is 0 Å². The number of hydrogen-bond donors (Lipinski definition) is 3. The number of amides is 1. The zero-order valence-corrected chi connectivity index (χ0v) is 11.9. The summed E-state index contributed by atoms with van der Waals surface area (Å²) >= 11 is 5.79. The highest BCUT2D eigenvalue weighted by atomic mass is 35.5. The van der Waals surface area contributed by atoms with Gasteiger partial charge in [0.25, 0.3) is 5.91 Å². The molecule has 21 heavy (non-hydrogen) atoms. The molecule has 0 aliphatic carbocycles. The average Bonchev–Trinajstić information content (AvgIpc) is 2.48. The van der Waals surface area contributed by atoms with Gasteiger partial charge >= 0.3 is 0 Å². The number of para-hydroxylation sites is 1. The molecule has 1 amide bonds. The molecule has 0 saturated carbocycles. The fourth-order valence-corrected chi connectivity index (χ4v) is 1.93. The molecule has 0 saturated heterocycles. The highest BCUT2D eigenvalue weighted by molar-refractivity contribution is 6.31. The minimum absolute atomic E-state index is 0.151. The average molecular weight is 307 g/mol. The van der Waals surface area contributed by atoms with E-state index in [4.69, 9.17) is 22.1 Å². The second-order valence-electron chi connectivity index (χ2n) is 4.33. The molecule has 2 rings (SSSR count). The normalized spacial score (nSPS) is 10.2. The number of anilines is 2. The predicted octanol–water partition coefficient (Wildman–Crippen LogP) is 2.43. The van der Waals surface area contributed by atoms with Gasteiger partial charge in [0, 0.05) is 10.6 Å². The van der Waals surface area contributed by atoms with Crippen molar-refractivity contribution < 1.29 is 14.6 Å². The van der Waals surface area contributed by atoms with Gasteiger partial charge in [-0.05, 0) is 24.3 Å². The Morgan fingerprint density at radius 2 is 2.05 bits per heavy atom. The highest BCUT2D eigenvalue weighted by Crippen LogP contribution is 2.23. The first-order chi connectivity index (χ1) is 10.1. The lowest BCUT2D eigenvalue weighted by Crippen LogP contribution is -2.21. The number of ether oxygens (including phenoxy) is 1. The van der Waals surface area contributed by atoms with Crippen LogP contribution < -0.4 is 15.8 Å². The van der Waals surface area contributed by atoms with Gasteiger partial charge in [0.05, 0.1) is 18.0 Å². The van der Waals surface area contributed by atoms with Gasteiger partial charge in [-0.3, -0.25) is 4.79 Å². The first kappa shape index (κ1) is 15.2. The predicted molar refractivity (Wildman–Crippen MR) is 82.4 cm³/mol. The molecule has 0 bridgehead atoms. The maximum Gasteiger partial charge on any atom is 0.262 e. The number of rotatable bonds is 5. The minimum Gasteiger partial charge on any atom is -0.483 e. The third-order valence-corrected chi connectivity index (χ3v) is 3.02. The van der Waals surface area contributed by atoms with E-state index in [0.717, 1.165) is 0 Å². The van der Waals surface area contributed by atoms with Crippen LogP contribution in [0.25, 0.3) is 0 Å². The molecule has 0 radical (unpaired) electrons.